The van der Waals surface area contributed by atoms with Crippen LogP contribution >= 0.6 is 36.4 Å². The van der Waals surface area contributed by atoms with Gasteiger partial charge in [0.2, 0.25) is 0 Å². The Hall–Kier alpha value is -0.0600. The number of nitrogens with zero attached hydrogens (tertiary/aromatic N) is 1. The van der Waals surface area contributed by atoms with Crippen molar-refractivity contribution in [3.8, 4) is 0 Å². The summed E-state index contributed by atoms with van der Waals surface area (Å²) in [5.74, 6) is -0.246. The lowest BCUT2D eigenvalue weighted by molar-refractivity contribution is 0.160. The van der Waals surface area contributed by atoms with E-state index in [1.165, 1.54) is 0 Å². The number of unbranched alkanes of at least 4 members (excludes halogenated alkanes) is 1. The summed E-state index contributed by atoms with van der Waals surface area (Å²) < 4.78 is 14.3. The van der Waals surface area contributed by atoms with E-state index in [0.717, 1.165) is 51.0 Å². The summed E-state index contributed by atoms with van der Waals surface area (Å²) in [6.45, 7) is 6.07. The first-order chi connectivity index (χ1) is 9.24. The van der Waals surface area contributed by atoms with E-state index in [-0.39, 0.29) is 41.7 Å². The fourth-order valence-electron chi connectivity index (χ4n) is 2.70. The van der Waals surface area contributed by atoms with E-state index in [2.05, 4.69) is 17.1 Å². The normalized spacial score (nSPS) is 16.7. The first-order valence-corrected chi connectivity index (χ1v) is 7.50. The highest BCUT2D eigenvalue weighted by molar-refractivity contribution is 6.30. The Kier molecular flexibility index (Phi) is 10.6. The molecule has 0 aromatic heterocycles. The number of benzene rings is 1. The highest BCUT2D eigenvalue weighted by Crippen LogP contribution is 2.31. The minimum atomic E-state index is -0.246. The Bertz CT molecular complexity index is 412. The van der Waals surface area contributed by atoms with Crippen LogP contribution < -0.4 is 5.32 Å². The third-order valence-corrected chi connectivity index (χ3v) is 4.06. The molecule has 1 atom stereocenters. The van der Waals surface area contributed by atoms with Crippen LogP contribution in [0, 0.1) is 5.82 Å². The van der Waals surface area contributed by atoms with Crippen LogP contribution in [0.4, 0.5) is 4.39 Å². The van der Waals surface area contributed by atoms with Crippen LogP contribution in [0.25, 0.3) is 0 Å². The molecular formula is C15H24Cl3FN2. The molecule has 0 radical (unpaired) electrons. The number of piperazine rings is 1. The SMILES string of the molecule is CCCC[C@@H](c1cccc(Cl)c1F)N1CCNCC1.Cl.Cl. The van der Waals surface area contributed by atoms with Crippen molar-refractivity contribution in [3.05, 3.63) is 34.6 Å². The van der Waals surface area contributed by atoms with E-state index < -0.39 is 0 Å². The van der Waals surface area contributed by atoms with E-state index in [1.807, 2.05) is 12.1 Å². The molecule has 2 rings (SSSR count). The Balaban J connectivity index is 0.00000200. The Morgan fingerprint density at radius 2 is 1.95 bits per heavy atom. The van der Waals surface area contributed by atoms with Crippen molar-refractivity contribution in [1.29, 1.82) is 0 Å². The van der Waals surface area contributed by atoms with Gasteiger partial charge in [0.05, 0.1) is 5.02 Å². The van der Waals surface area contributed by atoms with Gasteiger partial charge in [0.15, 0.2) is 0 Å². The molecule has 1 aliphatic rings. The van der Waals surface area contributed by atoms with Gasteiger partial charge in [-0.1, -0.05) is 43.5 Å². The molecule has 1 N–H and O–H groups in total. The maximum atomic E-state index is 14.3. The van der Waals surface area contributed by atoms with Gasteiger partial charge in [-0.25, -0.2) is 4.39 Å². The lowest BCUT2D eigenvalue weighted by Gasteiger charge is -2.35. The minimum absolute atomic E-state index is 0. The zero-order chi connectivity index (χ0) is 13.7. The fourth-order valence-corrected chi connectivity index (χ4v) is 2.89. The van der Waals surface area contributed by atoms with E-state index in [1.54, 1.807) is 6.07 Å². The standard InChI is InChI=1S/C15H22ClFN2.2ClH/c1-2-3-7-14(19-10-8-18-9-11-19)12-5-4-6-13(16)15(12)17;;/h4-6,14,18H,2-3,7-11H2,1H3;2*1H/t14-;;/m0../s1. The molecule has 1 aromatic rings. The van der Waals surface area contributed by atoms with Gasteiger partial charge in [-0.2, -0.15) is 0 Å². The summed E-state index contributed by atoms with van der Waals surface area (Å²) in [5.41, 5.74) is 0.753. The summed E-state index contributed by atoms with van der Waals surface area (Å²) in [7, 11) is 0. The van der Waals surface area contributed by atoms with Crippen molar-refractivity contribution >= 4 is 36.4 Å². The molecule has 1 aliphatic heterocycles. The molecule has 1 heterocycles. The van der Waals surface area contributed by atoms with E-state index >= 15 is 0 Å². The number of hydrogen-bond donors (Lipinski definition) is 1. The zero-order valence-electron chi connectivity index (χ0n) is 12.3. The predicted octanol–water partition coefficient (Wildman–Crippen LogP) is 4.46. The van der Waals surface area contributed by atoms with Gasteiger partial charge in [-0.05, 0) is 12.5 Å². The number of hydrogen-bond acceptors (Lipinski definition) is 2. The predicted molar refractivity (Wildman–Crippen MR) is 92.6 cm³/mol. The van der Waals surface area contributed by atoms with Crippen LogP contribution in [0.15, 0.2) is 18.2 Å². The van der Waals surface area contributed by atoms with Crippen LogP contribution in [0.2, 0.25) is 5.02 Å². The van der Waals surface area contributed by atoms with Crippen molar-refractivity contribution in [3.63, 3.8) is 0 Å². The average Bonchev–Trinajstić information content (AvgIpc) is 2.45. The van der Waals surface area contributed by atoms with Crippen LogP contribution in [0.1, 0.15) is 37.8 Å². The Morgan fingerprint density at radius 1 is 1.29 bits per heavy atom. The smallest absolute Gasteiger partial charge is 0.146 e. The molecule has 0 aliphatic carbocycles. The molecule has 0 spiro atoms. The van der Waals surface area contributed by atoms with Gasteiger partial charge in [0, 0.05) is 37.8 Å². The van der Waals surface area contributed by atoms with E-state index in [4.69, 9.17) is 11.6 Å². The molecule has 1 aromatic carbocycles. The summed E-state index contributed by atoms with van der Waals surface area (Å²) in [5, 5.41) is 3.57. The second-order valence-electron chi connectivity index (χ2n) is 5.09. The van der Waals surface area contributed by atoms with Crippen molar-refractivity contribution in [1.82, 2.24) is 10.2 Å². The zero-order valence-corrected chi connectivity index (χ0v) is 14.7. The minimum Gasteiger partial charge on any atom is -0.314 e. The number of halogens is 4. The highest BCUT2D eigenvalue weighted by atomic mass is 35.5. The van der Waals surface area contributed by atoms with Crippen LogP contribution in [0.3, 0.4) is 0 Å². The molecule has 1 fully saturated rings. The van der Waals surface area contributed by atoms with E-state index in [9.17, 15) is 4.39 Å². The van der Waals surface area contributed by atoms with Gasteiger partial charge in [-0.3, -0.25) is 4.90 Å². The third kappa shape index (κ3) is 5.57. The van der Waals surface area contributed by atoms with Gasteiger partial charge in [0.25, 0.3) is 0 Å². The topological polar surface area (TPSA) is 15.3 Å². The second-order valence-corrected chi connectivity index (χ2v) is 5.49. The highest BCUT2D eigenvalue weighted by Gasteiger charge is 2.24. The average molecular weight is 358 g/mol. The summed E-state index contributed by atoms with van der Waals surface area (Å²) >= 11 is 5.93. The van der Waals surface area contributed by atoms with Crippen molar-refractivity contribution in [2.45, 2.75) is 32.2 Å². The molecule has 1 saturated heterocycles. The Morgan fingerprint density at radius 3 is 2.57 bits per heavy atom. The molecule has 2 nitrogen and oxygen atoms in total. The van der Waals surface area contributed by atoms with Crippen LogP contribution in [-0.2, 0) is 0 Å². The largest absolute Gasteiger partial charge is 0.314 e. The van der Waals surface area contributed by atoms with Crippen molar-refractivity contribution in [2.24, 2.45) is 0 Å². The first-order valence-electron chi connectivity index (χ1n) is 7.12. The van der Waals surface area contributed by atoms with Crippen LogP contribution in [-0.4, -0.2) is 31.1 Å². The molecule has 0 unspecified atom stereocenters. The molecule has 0 amide bonds. The molecule has 0 bridgehead atoms. The lowest BCUT2D eigenvalue weighted by Crippen LogP contribution is -2.45. The first kappa shape index (κ1) is 20.9. The summed E-state index contributed by atoms with van der Waals surface area (Å²) in [6.07, 6.45) is 3.24. The molecule has 122 valence electrons. The van der Waals surface area contributed by atoms with Gasteiger partial charge >= 0.3 is 0 Å². The maximum absolute atomic E-state index is 14.3. The lowest BCUT2D eigenvalue weighted by atomic mass is 9.98. The van der Waals surface area contributed by atoms with Gasteiger partial charge in [-0.15, -0.1) is 24.8 Å². The second kappa shape index (κ2) is 10.6. The van der Waals surface area contributed by atoms with Gasteiger partial charge in [0.1, 0.15) is 5.82 Å². The number of nitrogens with one attached hydrogen (secondary N) is 1. The quantitative estimate of drug-likeness (QED) is 0.837. The van der Waals surface area contributed by atoms with Crippen LogP contribution in [0.5, 0.6) is 0 Å². The van der Waals surface area contributed by atoms with E-state index in [0.29, 0.717) is 0 Å². The van der Waals surface area contributed by atoms with Crippen molar-refractivity contribution < 1.29 is 4.39 Å². The Labute approximate surface area is 144 Å². The molecule has 6 heteroatoms. The maximum Gasteiger partial charge on any atom is 0.146 e. The van der Waals surface area contributed by atoms with Gasteiger partial charge < -0.3 is 5.32 Å². The molecular weight excluding hydrogens is 334 g/mol. The number of rotatable bonds is 5. The monoisotopic (exact) mass is 356 g/mol. The van der Waals surface area contributed by atoms with Crippen molar-refractivity contribution in [2.75, 3.05) is 26.2 Å². The fraction of sp³-hybridized carbons (Fsp3) is 0.600. The molecule has 21 heavy (non-hydrogen) atoms. The summed E-state index contributed by atoms with van der Waals surface area (Å²) in [4.78, 5) is 2.38. The molecule has 0 saturated carbocycles. The summed E-state index contributed by atoms with van der Waals surface area (Å²) in [6, 6.07) is 5.50. The third-order valence-electron chi connectivity index (χ3n) is 3.76.